The molecule has 2 amide bonds. The predicted octanol–water partition coefficient (Wildman–Crippen LogP) is 1.44. The Morgan fingerprint density at radius 1 is 1.33 bits per heavy atom. The molecule has 0 aliphatic rings. The van der Waals surface area contributed by atoms with Gasteiger partial charge in [0, 0.05) is 6.54 Å². The van der Waals surface area contributed by atoms with Crippen molar-refractivity contribution in [3.63, 3.8) is 0 Å². The predicted molar refractivity (Wildman–Crippen MR) is 70.0 cm³/mol. The van der Waals surface area contributed by atoms with Crippen LogP contribution in [0.15, 0.2) is 0 Å². The van der Waals surface area contributed by atoms with Crippen LogP contribution in [0.5, 0.6) is 0 Å². The first-order valence-electron chi connectivity index (χ1n) is 6.11. The largest absolute Gasteiger partial charge is 0.481 e. The molecule has 0 saturated heterocycles. The Morgan fingerprint density at radius 2 is 1.94 bits per heavy atom. The summed E-state index contributed by atoms with van der Waals surface area (Å²) in [7, 11) is 0. The van der Waals surface area contributed by atoms with E-state index in [4.69, 9.17) is 11.5 Å². The van der Waals surface area contributed by atoms with Gasteiger partial charge in [-0.3, -0.25) is 4.79 Å². The Labute approximate surface area is 108 Å². The maximum Gasteiger partial charge on any atom is 0.315 e. The number of hydrogen-bond acceptors (Lipinski definition) is 2. The monoisotopic (exact) mass is 254 g/mol. The summed E-state index contributed by atoms with van der Waals surface area (Å²) in [4.78, 5) is 22.0. The molecule has 0 spiro atoms. The number of terminal acetylenes is 1. The van der Waals surface area contributed by atoms with E-state index in [1.165, 1.54) is 0 Å². The molecule has 0 aromatic rings. The molecule has 5 heteroatoms. The maximum absolute atomic E-state index is 11.5. The van der Waals surface area contributed by atoms with Crippen LogP contribution in [0.25, 0.3) is 0 Å². The third-order valence-corrected chi connectivity index (χ3v) is 2.65. The number of aliphatic carboxylic acids is 1. The molecule has 0 aromatic carbocycles. The van der Waals surface area contributed by atoms with Crippen LogP contribution in [0.4, 0.5) is 4.79 Å². The highest BCUT2D eigenvalue weighted by Crippen LogP contribution is 2.04. The van der Waals surface area contributed by atoms with Crippen LogP contribution in [-0.2, 0) is 4.79 Å². The number of carboxylic acids is 1. The smallest absolute Gasteiger partial charge is 0.315 e. The van der Waals surface area contributed by atoms with Crippen molar-refractivity contribution in [1.82, 2.24) is 10.6 Å². The lowest BCUT2D eigenvalue weighted by molar-refractivity contribution is -0.141. The Bertz CT molecular complexity index is 321. The summed E-state index contributed by atoms with van der Waals surface area (Å²) in [6.07, 6.45) is 6.46. The van der Waals surface area contributed by atoms with E-state index in [-0.39, 0.29) is 23.9 Å². The van der Waals surface area contributed by atoms with Gasteiger partial charge in [0.2, 0.25) is 0 Å². The molecule has 0 aliphatic carbocycles. The van der Waals surface area contributed by atoms with Crippen molar-refractivity contribution >= 4 is 12.0 Å². The van der Waals surface area contributed by atoms with Crippen LogP contribution in [0.2, 0.25) is 0 Å². The second-order valence-corrected chi connectivity index (χ2v) is 4.67. The molecular weight excluding hydrogens is 232 g/mol. The minimum atomic E-state index is -0.813. The molecule has 0 saturated carbocycles. The quantitative estimate of drug-likeness (QED) is 0.475. The van der Waals surface area contributed by atoms with E-state index in [1.807, 2.05) is 13.8 Å². The lowest BCUT2D eigenvalue weighted by Crippen LogP contribution is -2.44. The van der Waals surface area contributed by atoms with Crippen molar-refractivity contribution in [3.05, 3.63) is 0 Å². The summed E-state index contributed by atoms with van der Waals surface area (Å²) < 4.78 is 0. The van der Waals surface area contributed by atoms with Gasteiger partial charge in [0.05, 0.1) is 12.0 Å². The standard InChI is InChI=1S/C13H22N2O3/c1-5-11(9(2)3)15-13(18)14-8-6-7-10(4)12(16)17/h1,9-11H,6-8H2,2-4H3,(H,16,17)(H2,14,15,18). The molecule has 0 heterocycles. The van der Waals surface area contributed by atoms with Gasteiger partial charge in [-0.1, -0.05) is 26.7 Å². The van der Waals surface area contributed by atoms with Gasteiger partial charge in [-0.15, -0.1) is 6.42 Å². The van der Waals surface area contributed by atoms with Gasteiger partial charge < -0.3 is 15.7 Å². The fourth-order valence-electron chi connectivity index (χ4n) is 1.33. The summed E-state index contributed by atoms with van der Waals surface area (Å²) in [5.41, 5.74) is 0. The first-order chi connectivity index (χ1) is 8.38. The minimum Gasteiger partial charge on any atom is -0.481 e. The van der Waals surface area contributed by atoms with E-state index in [9.17, 15) is 9.59 Å². The van der Waals surface area contributed by atoms with E-state index in [2.05, 4.69) is 16.6 Å². The molecule has 5 nitrogen and oxygen atoms in total. The molecule has 2 atom stereocenters. The molecule has 102 valence electrons. The molecule has 0 aromatic heterocycles. The third kappa shape index (κ3) is 6.79. The fourth-order valence-corrected chi connectivity index (χ4v) is 1.33. The van der Waals surface area contributed by atoms with Crippen molar-refractivity contribution < 1.29 is 14.7 Å². The molecule has 0 rings (SSSR count). The number of carbonyl (C=O) groups excluding carboxylic acids is 1. The Morgan fingerprint density at radius 3 is 2.39 bits per heavy atom. The summed E-state index contributed by atoms with van der Waals surface area (Å²) in [5, 5.41) is 14.0. The van der Waals surface area contributed by atoms with E-state index >= 15 is 0 Å². The van der Waals surface area contributed by atoms with Crippen molar-refractivity contribution in [2.24, 2.45) is 11.8 Å². The van der Waals surface area contributed by atoms with Crippen molar-refractivity contribution in [3.8, 4) is 12.3 Å². The summed E-state index contributed by atoms with van der Waals surface area (Å²) in [6.45, 7) is 5.95. The second-order valence-electron chi connectivity index (χ2n) is 4.67. The summed E-state index contributed by atoms with van der Waals surface area (Å²) >= 11 is 0. The van der Waals surface area contributed by atoms with Gasteiger partial charge in [-0.2, -0.15) is 0 Å². The van der Waals surface area contributed by atoms with Gasteiger partial charge >= 0.3 is 12.0 Å². The van der Waals surface area contributed by atoms with Gasteiger partial charge in [0.15, 0.2) is 0 Å². The van der Waals surface area contributed by atoms with Crippen molar-refractivity contribution in [2.75, 3.05) is 6.54 Å². The number of hydrogen-bond donors (Lipinski definition) is 3. The summed E-state index contributed by atoms with van der Waals surface area (Å²) in [6, 6.07) is -0.599. The molecular formula is C13H22N2O3. The molecule has 3 N–H and O–H groups in total. The first-order valence-corrected chi connectivity index (χ1v) is 6.11. The highest BCUT2D eigenvalue weighted by Gasteiger charge is 2.13. The highest BCUT2D eigenvalue weighted by atomic mass is 16.4. The van der Waals surface area contributed by atoms with E-state index in [0.29, 0.717) is 19.4 Å². The molecule has 0 bridgehead atoms. The fraction of sp³-hybridized carbons (Fsp3) is 0.692. The number of carboxylic acid groups (broad SMARTS) is 1. The van der Waals surface area contributed by atoms with E-state index in [1.54, 1.807) is 6.92 Å². The first kappa shape index (κ1) is 16.3. The normalized spacial score (nSPS) is 13.5. The lowest BCUT2D eigenvalue weighted by Gasteiger charge is -2.17. The zero-order valence-electron chi connectivity index (χ0n) is 11.2. The zero-order valence-corrected chi connectivity index (χ0v) is 11.2. The number of carbonyl (C=O) groups is 2. The van der Waals surface area contributed by atoms with Gasteiger partial charge in [-0.25, -0.2) is 4.79 Å². The molecule has 0 fully saturated rings. The third-order valence-electron chi connectivity index (χ3n) is 2.65. The van der Waals surface area contributed by atoms with Crippen LogP contribution < -0.4 is 10.6 Å². The van der Waals surface area contributed by atoms with Crippen LogP contribution in [0.1, 0.15) is 33.6 Å². The Kier molecular flexibility index (Phi) is 7.61. The molecule has 0 radical (unpaired) electrons. The minimum absolute atomic E-state index is 0.174. The molecule has 18 heavy (non-hydrogen) atoms. The number of urea groups is 1. The SMILES string of the molecule is C#CC(NC(=O)NCCCC(C)C(=O)O)C(C)C. The Hall–Kier alpha value is -1.70. The van der Waals surface area contributed by atoms with Crippen LogP contribution in [0.3, 0.4) is 0 Å². The number of nitrogens with one attached hydrogen (secondary N) is 2. The molecule has 2 unspecified atom stereocenters. The number of amides is 2. The van der Waals surface area contributed by atoms with E-state index in [0.717, 1.165) is 0 Å². The topological polar surface area (TPSA) is 78.4 Å². The average Bonchev–Trinajstić information content (AvgIpc) is 2.30. The second kappa shape index (κ2) is 8.40. The van der Waals surface area contributed by atoms with Crippen LogP contribution in [0, 0.1) is 24.2 Å². The summed E-state index contributed by atoms with van der Waals surface area (Å²) in [5.74, 6) is 1.48. The van der Waals surface area contributed by atoms with Crippen molar-refractivity contribution in [2.45, 2.75) is 39.7 Å². The number of rotatable bonds is 7. The van der Waals surface area contributed by atoms with Gasteiger partial charge in [0.25, 0.3) is 0 Å². The van der Waals surface area contributed by atoms with Crippen LogP contribution >= 0.6 is 0 Å². The van der Waals surface area contributed by atoms with Crippen LogP contribution in [-0.4, -0.2) is 29.7 Å². The lowest BCUT2D eigenvalue weighted by atomic mass is 10.1. The van der Waals surface area contributed by atoms with Gasteiger partial charge in [0.1, 0.15) is 0 Å². The van der Waals surface area contributed by atoms with Gasteiger partial charge in [-0.05, 0) is 18.8 Å². The zero-order chi connectivity index (χ0) is 14.1. The molecule has 0 aliphatic heterocycles. The maximum atomic E-state index is 11.5. The highest BCUT2D eigenvalue weighted by molar-refractivity contribution is 5.74. The Balaban J connectivity index is 3.79. The van der Waals surface area contributed by atoms with E-state index < -0.39 is 5.97 Å². The average molecular weight is 254 g/mol. The van der Waals surface area contributed by atoms with Crippen molar-refractivity contribution in [1.29, 1.82) is 0 Å².